The number of ketones is 1. The fraction of sp³-hybridized carbons (Fsp3) is 0.250. The number of methoxy groups -OCH3 is 3. The van der Waals surface area contributed by atoms with Crippen LogP contribution in [-0.4, -0.2) is 62.7 Å². The number of nitrogens with two attached hydrogens (primary N) is 1. The van der Waals surface area contributed by atoms with Gasteiger partial charge in [0.05, 0.1) is 33.3 Å². The van der Waals surface area contributed by atoms with E-state index in [1.54, 1.807) is 12.1 Å². The van der Waals surface area contributed by atoms with Gasteiger partial charge in [0.15, 0.2) is 23.9 Å². The zero-order valence-corrected chi connectivity index (χ0v) is 19.7. The monoisotopic (exact) mass is 500 g/mol. The van der Waals surface area contributed by atoms with Crippen LogP contribution in [-0.2, 0) is 14.4 Å². The van der Waals surface area contributed by atoms with E-state index in [1.807, 2.05) is 0 Å². The van der Waals surface area contributed by atoms with Crippen molar-refractivity contribution in [3.63, 3.8) is 0 Å². The number of benzene rings is 2. The molecule has 1 heterocycles. The number of carboxylic acids is 1. The van der Waals surface area contributed by atoms with Crippen LogP contribution in [0.15, 0.2) is 36.1 Å². The number of ether oxygens (including phenoxy) is 5. The number of aliphatic carboxylic acids is 1. The van der Waals surface area contributed by atoms with E-state index >= 15 is 0 Å². The number of rotatable bonds is 11. The van der Waals surface area contributed by atoms with Crippen molar-refractivity contribution in [1.82, 2.24) is 5.32 Å². The van der Waals surface area contributed by atoms with E-state index in [4.69, 9.17) is 34.5 Å². The fourth-order valence-corrected chi connectivity index (χ4v) is 3.42. The van der Waals surface area contributed by atoms with Gasteiger partial charge in [-0.05, 0) is 30.3 Å². The number of fused-ring (bicyclic) bond motifs is 1. The highest BCUT2D eigenvalue weighted by atomic mass is 16.5. The molecule has 190 valence electrons. The molecular weight excluding hydrogens is 476 g/mol. The average Bonchev–Trinajstić information content (AvgIpc) is 3.15. The fourth-order valence-electron chi connectivity index (χ4n) is 3.42. The molecule has 1 aliphatic heterocycles. The SMILES string of the molecule is COc1ccc(C=C2Oc3cc(OCC(=O)NC(CC(N)=O)C(=O)O)ccc3C2=O)c(OC)c1OC. The quantitative estimate of drug-likeness (QED) is 0.380. The minimum atomic E-state index is -1.47. The van der Waals surface area contributed by atoms with Crippen molar-refractivity contribution in [3.8, 4) is 28.7 Å². The van der Waals surface area contributed by atoms with E-state index in [1.165, 1.54) is 45.6 Å². The molecule has 3 rings (SSSR count). The molecule has 0 saturated carbocycles. The number of hydrogen-bond acceptors (Lipinski definition) is 9. The van der Waals surface area contributed by atoms with Gasteiger partial charge < -0.3 is 39.8 Å². The highest BCUT2D eigenvalue weighted by Crippen LogP contribution is 2.42. The van der Waals surface area contributed by atoms with Crippen LogP contribution in [0.25, 0.3) is 6.08 Å². The van der Waals surface area contributed by atoms with Gasteiger partial charge in [0, 0.05) is 11.6 Å². The summed E-state index contributed by atoms with van der Waals surface area (Å²) in [5, 5.41) is 11.2. The number of carbonyl (C=O) groups is 4. The second-order valence-electron chi connectivity index (χ2n) is 7.44. The van der Waals surface area contributed by atoms with E-state index < -0.39 is 36.9 Å². The maximum Gasteiger partial charge on any atom is 0.326 e. The first-order chi connectivity index (χ1) is 17.2. The lowest BCUT2D eigenvalue weighted by atomic mass is 10.1. The Kier molecular flexibility index (Phi) is 8.00. The molecule has 36 heavy (non-hydrogen) atoms. The first-order valence-corrected chi connectivity index (χ1v) is 10.5. The Balaban J connectivity index is 1.74. The lowest BCUT2D eigenvalue weighted by molar-refractivity contribution is -0.143. The third-order valence-electron chi connectivity index (χ3n) is 5.07. The molecule has 2 aromatic rings. The zero-order chi connectivity index (χ0) is 26.4. The maximum atomic E-state index is 12.8. The number of Topliss-reactive ketones (excluding diaryl/α,β-unsaturated/α-hetero) is 1. The van der Waals surface area contributed by atoms with Crippen LogP contribution < -0.4 is 34.7 Å². The van der Waals surface area contributed by atoms with Gasteiger partial charge in [0.2, 0.25) is 17.4 Å². The van der Waals surface area contributed by atoms with Gasteiger partial charge in [-0.15, -0.1) is 0 Å². The second-order valence-corrected chi connectivity index (χ2v) is 7.44. The summed E-state index contributed by atoms with van der Waals surface area (Å²) in [5.74, 6) is -1.84. The predicted molar refractivity (Wildman–Crippen MR) is 124 cm³/mol. The van der Waals surface area contributed by atoms with Crippen molar-refractivity contribution in [1.29, 1.82) is 0 Å². The van der Waals surface area contributed by atoms with Crippen molar-refractivity contribution < 1.29 is 48.0 Å². The third kappa shape index (κ3) is 5.66. The van der Waals surface area contributed by atoms with Gasteiger partial charge in [-0.25, -0.2) is 4.79 Å². The molecule has 0 aromatic heterocycles. The summed E-state index contributed by atoms with van der Waals surface area (Å²) in [4.78, 5) is 47.0. The minimum Gasteiger partial charge on any atom is -0.493 e. The van der Waals surface area contributed by atoms with Gasteiger partial charge in [-0.2, -0.15) is 0 Å². The minimum absolute atomic E-state index is 0.0289. The number of carboxylic acid groups (broad SMARTS) is 1. The molecule has 0 saturated heterocycles. The number of carbonyl (C=O) groups excluding carboxylic acids is 3. The molecule has 1 aliphatic rings. The number of amides is 2. The number of hydrogen-bond donors (Lipinski definition) is 3. The molecule has 1 atom stereocenters. The van der Waals surface area contributed by atoms with Crippen molar-refractivity contribution in [2.75, 3.05) is 27.9 Å². The Morgan fingerprint density at radius 1 is 1.08 bits per heavy atom. The van der Waals surface area contributed by atoms with Crippen LogP contribution in [0.4, 0.5) is 0 Å². The molecule has 1 unspecified atom stereocenters. The Morgan fingerprint density at radius 3 is 2.42 bits per heavy atom. The first kappa shape index (κ1) is 25.9. The molecule has 0 bridgehead atoms. The van der Waals surface area contributed by atoms with Crippen molar-refractivity contribution in [2.45, 2.75) is 12.5 Å². The van der Waals surface area contributed by atoms with E-state index in [2.05, 4.69) is 5.32 Å². The topological polar surface area (TPSA) is 173 Å². The largest absolute Gasteiger partial charge is 0.493 e. The smallest absolute Gasteiger partial charge is 0.326 e. The summed E-state index contributed by atoms with van der Waals surface area (Å²) in [5.41, 5.74) is 5.79. The van der Waals surface area contributed by atoms with E-state index in [0.717, 1.165) is 0 Å². The van der Waals surface area contributed by atoms with Crippen LogP contribution in [0.1, 0.15) is 22.3 Å². The summed E-state index contributed by atoms with van der Waals surface area (Å²) in [6.45, 7) is -0.541. The van der Waals surface area contributed by atoms with Gasteiger partial charge >= 0.3 is 5.97 Å². The van der Waals surface area contributed by atoms with Crippen LogP contribution in [0, 0.1) is 0 Å². The Morgan fingerprint density at radius 2 is 1.81 bits per heavy atom. The molecule has 12 heteroatoms. The van der Waals surface area contributed by atoms with Crippen LogP contribution in [0.2, 0.25) is 0 Å². The van der Waals surface area contributed by atoms with Crippen molar-refractivity contribution in [2.24, 2.45) is 5.73 Å². The lowest BCUT2D eigenvalue weighted by Crippen LogP contribution is -2.45. The van der Waals surface area contributed by atoms with Gasteiger partial charge in [-0.3, -0.25) is 14.4 Å². The standard InChI is InChI=1S/C24H24N2O10/c1-32-16-7-4-12(22(33-2)23(16)34-3)8-18-21(29)14-6-5-13(9-17(14)36-18)35-11-20(28)26-15(24(30)31)10-19(25)27/h4-9,15H,10-11H2,1-3H3,(H2,25,27)(H,26,28)(H,30,31). The molecule has 2 aromatic carbocycles. The molecule has 0 aliphatic carbocycles. The summed E-state index contributed by atoms with van der Waals surface area (Å²) in [7, 11) is 4.41. The molecule has 12 nitrogen and oxygen atoms in total. The highest BCUT2D eigenvalue weighted by molar-refractivity contribution is 6.14. The average molecular weight is 500 g/mol. The van der Waals surface area contributed by atoms with E-state index in [0.29, 0.717) is 22.8 Å². The maximum absolute atomic E-state index is 12.8. The van der Waals surface area contributed by atoms with Crippen LogP contribution in [0.5, 0.6) is 28.7 Å². The Labute approximate surface area is 205 Å². The number of nitrogens with one attached hydrogen (secondary N) is 1. The van der Waals surface area contributed by atoms with Gasteiger partial charge in [0.25, 0.3) is 5.91 Å². The van der Waals surface area contributed by atoms with E-state index in [9.17, 15) is 19.2 Å². The van der Waals surface area contributed by atoms with E-state index in [-0.39, 0.29) is 28.6 Å². The highest BCUT2D eigenvalue weighted by Gasteiger charge is 2.29. The zero-order valence-electron chi connectivity index (χ0n) is 19.7. The number of allylic oxidation sites excluding steroid dienone is 1. The lowest BCUT2D eigenvalue weighted by Gasteiger charge is -2.14. The molecular formula is C24H24N2O10. The molecule has 2 amide bonds. The summed E-state index contributed by atoms with van der Waals surface area (Å²) < 4.78 is 27.1. The van der Waals surface area contributed by atoms with Crippen molar-refractivity contribution in [3.05, 3.63) is 47.2 Å². The normalized spacial score (nSPS) is 13.9. The Bertz CT molecular complexity index is 1240. The van der Waals surface area contributed by atoms with Gasteiger partial charge in [-0.1, -0.05) is 0 Å². The summed E-state index contributed by atoms with van der Waals surface area (Å²) >= 11 is 0. The van der Waals surface area contributed by atoms with Crippen LogP contribution >= 0.6 is 0 Å². The predicted octanol–water partition coefficient (Wildman–Crippen LogP) is 1.15. The van der Waals surface area contributed by atoms with Crippen LogP contribution in [0.3, 0.4) is 0 Å². The third-order valence-corrected chi connectivity index (χ3v) is 5.07. The summed E-state index contributed by atoms with van der Waals surface area (Å²) in [6.07, 6.45) is 0.942. The molecule has 0 fully saturated rings. The molecule has 4 N–H and O–H groups in total. The summed E-state index contributed by atoms with van der Waals surface area (Å²) in [6, 6.07) is 6.24. The molecule has 0 spiro atoms. The number of primary amides is 1. The van der Waals surface area contributed by atoms with Gasteiger partial charge in [0.1, 0.15) is 17.5 Å². The molecule has 0 radical (unpaired) electrons. The van der Waals surface area contributed by atoms with Crippen molar-refractivity contribution >= 4 is 29.6 Å². The second kappa shape index (κ2) is 11.1. The Hall–Kier alpha value is -4.74. The first-order valence-electron chi connectivity index (χ1n) is 10.5.